The minimum Gasteiger partial charge on any atom is -0.320 e. The van der Waals surface area contributed by atoms with E-state index in [1.165, 1.54) is 28.0 Å². The number of hydrogen-bond acceptors (Lipinski definition) is 2. The Morgan fingerprint density at radius 1 is 0.947 bits per heavy atom. The predicted octanol–water partition coefficient (Wildman–Crippen LogP) is 3.09. The van der Waals surface area contributed by atoms with Crippen LogP contribution in [-0.4, -0.2) is 6.04 Å². The molecule has 19 heavy (non-hydrogen) atoms. The van der Waals surface area contributed by atoms with Gasteiger partial charge in [-0.1, -0.05) is 54.6 Å². The molecule has 0 saturated heterocycles. The second-order valence-corrected chi connectivity index (χ2v) is 5.15. The van der Waals surface area contributed by atoms with Gasteiger partial charge in [0.15, 0.2) is 0 Å². The van der Waals surface area contributed by atoms with Crippen LogP contribution in [0.25, 0.3) is 5.70 Å². The van der Waals surface area contributed by atoms with Crippen LogP contribution in [0.15, 0.2) is 71.4 Å². The zero-order chi connectivity index (χ0) is 12.7. The fraction of sp³-hybridized carbons (Fsp3) is 0.176. The first-order valence-electron chi connectivity index (χ1n) is 6.82. The molecule has 0 saturated carbocycles. The first kappa shape index (κ1) is 10.8. The standard InChI is InChI=1S/C17H16N2/c1-2-7-13(8-3-1)16-15-11-10-12-6-4-5-9-14(12)17(15)19-18-16/h1-3,5,7-11,17-19H,4,6H2. The summed E-state index contributed by atoms with van der Waals surface area (Å²) in [6.45, 7) is 0. The molecule has 1 heterocycles. The Labute approximate surface area is 113 Å². The minimum absolute atomic E-state index is 0.298. The molecule has 94 valence electrons. The maximum Gasteiger partial charge on any atom is 0.0783 e. The number of benzene rings is 1. The van der Waals surface area contributed by atoms with Crippen molar-refractivity contribution in [3.05, 3.63) is 76.9 Å². The van der Waals surface area contributed by atoms with Crippen molar-refractivity contribution in [1.82, 2.24) is 10.9 Å². The van der Waals surface area contributed by atoms with Crippen molar-refractivity contribution in [3.63, 3.8) is 0 Å². The Hall–Kier alpha value is -2.06. The monoisotopic (exact) mass is 248 g/mol. The SMILES string of the molecule is C1=CC2=C(C=CC3=C(c4ccccc4)NNC23)CC1. The molecule has 2 nitrogen and oxygen atoms in total. The van der Waals surface area contributed by atoms with Crippen molar-refractivity contribution in [1.29, 1.82) is 0 Å². The van der Waals surface area contributed by atoms with E-state index in [0.29, 0.717) is 6.04 Å². The molecule has 1 atom stereocenters. The van der Waals surface area contributed by atoms with Gasteiger partial charge in [0.1, 0.15) is 0 Å². The average molecular weight is 248 g/mol. The van der Waals surface area contributed by atoms with Gasteiger partial charge in [0.25, 0.3) is 0 Å². The lowest BCUT2D eigenvalue weighted by Crippen LogP contribution is -2.35. The zero-order valence-electron chi connectivity index (χ0n) is 10.7. The van der Waals surface area contributed by atoms with Crippen LogP contribution in [-0.2, 0) is 0 Å². The molecule has 3 aliphatic rings. The second kappa shape index (κ2) is 4.25. The van der Waals surface area contributed by atoms with Gasteiger partial charge < -0.3 is 5.43 Å². The van der Waals surface area contributed by atoms with Crippen molar-refractivity contribution in [3.8, 4) is 0 Å². The quantitative estimate of drug-likeness (QED) is 0.798. The molecule has 1 aromatic carbocycles. The summed E-state index contributed by atoms with van der Waals surface area (Å²) >= 11 is 0. The van der Waals surface area contributed by atoms with E-state index in [0.717, 1.165) is 12.8 Å². The van der Waals surface area contributed by atoms with Crippen LogP contribution in [0.4, 0.5) is 0 Å². The van der Waals surface area contributed by atoms with Crippen molar-refractivity contribution in [2.75, 3.05) is 0 Å². The first-order chi connectivity index (χ1) is 9.43. The van der Waals surface area contributed by atoms with Crippen molar-refractivity contribution in [2.45, 2.75) is 18.9 Å². The Kier molecular flexibility index (Phi) is 2.42. The molecule has 1 unspecified atom stereocenters. The fourth-order valence-electron chi connectivity index (χ4n) is 3.06. The van der Waals surface area contributed by atoms with Gasteiger partial charge in [-0.25, -0.2) is 5.43 Å². The molecule has 0 fully saturated rings. The van der Waals surface area contributed by atoms with Crippen molar-refractivity contribution >= 4 is 5.70 Å². The summed E-state index contributed by atoms with van der Waals surface area (Å²) in [5.74, 6) is 0. The van der Waals surface area contributed by atoms with Crippen LogP contribution in [0, 0.1) is 0 Å². The number of allylic oxidation sites excluding steroid dienone is 3. The van der Waals surface area contributed by atoms with Crippen LogP contribution >= 0.6 is 0 Å². The summed E-state index contributed by atoms with van der Waals surface area (Å²) in [6, 6.07) is 10.8. The van der Waals surface area contributed by atoms with Crippen LogP contribution in [0.3, 0.4) is 0 Å². The molecule has 1 aromatic rings. The third-order valence-electron chi connectivity index (χ3n) is 4.03. The molecule has 0 aromatic heterocycles. The third-order valence-corrected chi connectivity index (χ3v) is 4.03. The summed E-state index contributed by atoms with van der Waals surface area (Å²) in [5.41, 5.74) is 13.5. The molecule has 2 N–H and O–H groups in total. The smallest absolute Gasteiger partial charge is 0.0783 e. The number of hydrogen-bond donors (Lipinski definition) is 2. The van der Waals surface area contributed by atoms with E-state index in [9.17, 15) is 0 Å². The summed E-state index contributed by atoms with van der Waals surface area (Å²) in [6.07, 6.45) is 11.4. The maximum atomic E-state index is 3.42. The lowest BCUT2D eigenvalue weighted by molar-refractivity contribution is 0.633. The van der Waals surface area contributed by atoms with Crippen molar-refractivity contribution in [2.24, 2.45) is 0 Å². The van der Waals surface area contributed by atoms with Gasteiger partial charge in [0.05, 0.1) is 11.7 Å². The lowest BCUT2D eigenvalue weighted by atomic mass is 9.84. The van der Waals surface area contributed by atoms with Gasteiger partial charge in [0.2, 0.25) is 0 Å². The predicted molar refractivity (Wildman–Crippen MR) is 78.0 cm³/mol. The van der Waals surface area contributed by atoms with Crippen LogP contribution < -0.4 is 10.9 Å². The zero-order valence-corrected chi connectivity index (χ0v) is 10.7. The molecule has 0 radical (unpaired) electrons. The summed E-state index contributed by atoms with van der Waals surface area (Å²) in [4.78, 5) is 0. The third kappa shape index (κ3) is 1.68. The van der Waals surface area contributed by atoms with E-state index < -0.39 is 0 Å². The molecular formula is C17H16N2. The van der Waals surface area contributed by atoms with E-state index >= 15 is 0 Å². The Morgan fingerprint density at radius 2 is 1.84 bits per heavy atom. The molecule has 1 aliphatic heterocycles. The molecule has 0 spiro atoms. The number of hydrazine groups is 1. The Morgan fingerprint density at radius 3 is 2.74 bits per heavy atom. The molecule has 2 heteroatoms. The molecule has 2 aliphatic carbocycles. The Bertz CT molecular complexity index is 632. The molecule has 0 amide bonds. The first-order valence-corrected chi connectivity index (χ1v) is 6.82. The fourth-order valence-corrected chi connectivity index (χ4v) is 3.06. The van der Waals surface area contributed by atoms with Crippen molar-refractivity contribution < 1.29 is 0 Å². The van der Waals surface area contributed by atoms with Gasteiger partial charge in [-0.05, 0) is 29.6 Å². The summed E-state index contributed by atoms with van der Waals surface area (Å²) < 4.78 is 0. The summed E-state index contributed by atoms with van der Waals surface area (Å²) in [5, 5.41) is 0. The second-order valence-electron chi connectivity index (χ2n) is 5.15. The highest BCUT2D eigenvalue weighted by atomic mass is 15.4. The number of nitrogens with one attached hydrogen (secondary N) is 2. The van der Waals surface area contributed by atoms with E-state index in [4.69, 9.17) is 0 Å². The number of fused-ring (bicyclic) bond motifs is 2. The highest BCUT2D eigenvalue weighted by molar-refractivity contribution is 5.75. The Balaban J connectivity index is 1.80. The van der Waals surface area contributed by atoms with Crippen LogP contribution in [0.5, 0.6) is 0 Å². The van der Waals surface area contributed by atoms with E-state index in [1.54, 1.807) is 0 Å². The van der Waals surface area contributed by atoms with Gasteiger partial charge in [-0.2, -0.15) is 0 Å². The number of rotatable bonds is 1. The maximum absolute atomic E-state index is 3.42. The average Bonchev–Trinajstić information content (AvgIpc) is 2.92. The minimum atomic E-state index is 0.298. The van der Waals surface area contributed by atoms with E-state index in [1.807, 2.05) is 0 Å². The highest BCUT2D eigenvalue weighted by Gasteiger charge is 2.30. The topological polar surface area (TPSA) is 24.1 Å². The van der Waals surface area contributed by atoms with Crippen LogP contribution in [0.1, 0.15) is 18.4 Å². The highest BCUT2D eigenvalue weighted by Crippen LogP contribution is 2.35. The normalized spacial score (nSPS) is 24.3. The van der Waals surface area contributed by atoms with Gasteiger partial charge in [-0.3, -0.25) is 0 Å². The molecule has 4 rings (SSSR count). The largest absolute Gasteiger partial charge is 0.320 e. The van der Waals surface area contributed by atoms with Gasteiger partial charge in [0, 0.05) is 5.57 Å². The lowest BCUT2D eigenvalue weighted by Gasteiger charge is -2.23. The summed E-state index contributed by atoms with van der Waals surface area (Å²) in [7, 11) is 0. The molecule has 0 bridgehead atoms. The van der Waals surface area contributed by atoms with Crippen LogP contribution in [0.2, 0.25) is 0 Å². The van der Waals surface area contributed by atoms with Gasteiger partial charge in [-0.15, -0.1) is 0 Å². The van der Waals surface area contributed by atoms with E-state index in [-0.39, 0.29) is 0 Å². The van der Waals surface area contributed by atoms with E-state index in [2.05, 4.69) is 65.5 Å². The molecular weight excluding hydrogens is 232 g/mol. The van der Waals surface area contributed by atoms with Gasteiger partial charge >= 0.3 is 0 Å².